The van der Waals surface area contributed by atoms with Crippen molar-refractivity contribution in [3.63, 3.8) is 0 Å². The number of aliphatic imine (C=N–C) groups is 4. The van der Waals surface area contributed by atoms with Crippen LogP contribution in [-0.2, 0) is 21.7 Å². The molecule has 0 saturated carbocycles. The van der Waals surface area contributed by atoms with Crippen molar-refractivity contribution >= 4 is 47.6 Å². The van der Waals surface area contributed by atoms with Gasteiger partial charge < -0.3 is 20.4 Å². The van der Waals surface area contributed by atoms with E-state index in [-0.39, 0.29) is 44.7 Å². The Morgan fingerprint density at radius 3 is 0.610 bits per heavy atom. The van der Waals surface area contributed by atoms with Crippen molar-refractivity contribution < 1.29 is 20.4 Å². The summed E-state index contributed by atoms with van der Waals surface area (Å²) in [5.74, 6) is 0.914. The average molecular weight is 1080 g/mol. The molecule has 0 fully saturated rings. The molecular formula is C74H74N4O4. The SMILES string of the molecule is CC(C)(C)c1cccc(/C=N/c2ccc(-c3cc(-c4ccc(/N=C/c5cccc(C(C)(C)C)c5O)cc4)c(-c4ccc(/N=C/c5cccc(C(C)(C)C)c5O)cc4)cc3-c3ccc(/N=C/c4cccc(C(C)(C)C)c4O)cc3)cc2)c1O. The van der Waals surface area contributed by atoms with Crippen LogP contribution in [0.4, 0.5) is 22.7 Å². The number of aromatic hydroxyl groups is 4. The summed E-state index contributed by atoms with van der Waals surface area (Å²) in [6.45, 7) is 25.0. The molecule has 0 bridgehead atoms. The second-order valence-corrected chi connectivity index (χ2v) is 25.1. The number of para-hydroxylation sites is 4. The highest BCUT2D eigenvalue weighted by molar-refractivity contribution is 5.97. The minimum Gasteiger partial charge on any atom is -0.507 e. The molecule has 0 spiro atoms. The van der Waals surface area contributed by atoms with Crippen LogP contribution >= 0.6 is 0 Å². The minimum atomic E-state index is -0.235. The van der Waals surface area contributed by atoms with Gasteiger partial charge in [0.25, 0.3) is 0 Å². The highest BCUT2D eigenvalue weighted by atomic mass is 16.3. The number of hydrogen-bond donors (Lipinski definition) is 4. The van der Waals surface area contributed by atoms with Gasteiger partial charge in [-0.25, -0.2) is 0 Å². The number of phenols is 4. The molecule has 9 rings (SSSR count). The van der Waals surface area contributed by atoms with Gasteiger partial charge in [-0.2, -0.15) is 0 Å². The van der Waals surface area contributed by atoms with Crippen LogP contribution in [0, 0.1) is 0 Å². The predicted molar refractivity (Wildman–Crippen MR) is 344 cm³/mol. The summed E-state index contributed by atoms with van der Waals surface area (Å²) in [5, 5.41) is 44.9. The van der Waals surface area contributed by atoms with E-state index in [9.17, 15) is 20.4 Å². The molecule has 414 valence electrons. The van der Waals surface area contributed by atoms with Crippen molar-refractivity contribution in [1.29, 1.82) is 0 Å². The Morgan fingerprint density at radius 2 is 0.439 bits per heavy atom. The van der Waals surface area contributed by atoms with E-state index in [1.807, 2.05) is 121 Å². The van der Waals surface area contributed by atoms with E-state index in [0.29, 0.717) is 22.3 Å². The molecule has 0 aliphatic rings. The maximum absolute atomic E-state index is 11.2. The number of nitrogens with zero attached hydrogens (tertiary/aromatic N) is 4. The molecule has 0 aliphatic carbocycles. The Labute approximate surface area is 484 Å². The van der Waals surface area contributed by atoms with E-state index in [0.717, 1.165) is 89.5 Å². The fourth-order valence-corrected chi connectivity index (χ4v) is 10.1. The third kappa shape index (κ3) is 13.0. The van der Waals surface area contributed by atoms with Crippen LogP contribution in [0.25, 0.3) is 44.5 Å². The van der Waals surface area contributed by atoms with E-state index in [2.05, 4.69) is 144 Å². The predicted octanol–water partition coefficient (Wildman–Crippen LogP) is 19.4. The molecule has 8 heteroatoms. The summed E-state index contributed by atoms with van der Waals surface area (Å²) in [6.07, 6.45) is 6.87. The van der Waals surface area contributed by atoms with Crippen LogP contribution in [0.1, 0.15) is 128 Å². The highest BCUT2D eigenvalue weighted by Crippen LogP contribution is 2.44. The molecule has 4 N–H and O–H groups in total. The molecule has 82 heavy (non-hydrogen) atoms. The van der Waals surface area contributed by atoms with Crippen molar-refractivity contribution in [2.24, 2.45) is 20.0 Å². The first kappa shape index (κ1) is 57.5. The lowest BCUT2D eigenvalue weighted by Gasteiger charge is -2.21. The van der Waals surface area contributed by atoms with E-state index in [4.69, 9.17) is 20.0 Å². The topological polar surface area (TPSA) is 130 Å². The normalized spacial score (nSPS) is 12.6. The molecule has 0 radical (unpaired) electrons. The smallest absolute Gasteiger partial charge is 0.128 e. The number of benzene rings is 9. The van der Waals surface area contributed by atoms with E-state index >= 15 is 0 Å². The quantitative estimate of drug-likeness (QED) is 0.0908. The van der Waals surface area contributed by atoms with E-state index < -0.39 is 0 Å². The fourth-order valence-electron chi connectivity index (χ4n) is 10.1. The van der Waals surface area contributed by atoms with Crippen LogP contribution in [0.3, 0.4) is 0 Å². The zero-order chi connectivity index (χ0) is 58.7. The summed E-state index contributed by atoms with van der Waals surface area (Å²) in [6, 6.07) is 60.2. The summed E-state index contributed by atoms with van der Waals surface area (Å²) >= 11 is 0. The van der Waals surface area contributed by atoms with Crippen molar-refractivity contribution in [3.8, 4) is 67.5 Å². The molecule has 0 aromatic heterocycles. The second-order valence-electron chi connectivity index (χ2n) is 25.1. The molecule has 0 amide bonds. The maximum atomic E-state index is 11.2. The minimum absolute atomic E-state index is 0.229. The zero-order valence-electron chi connectivity index (χ0n) is 49.2. The number of phenolic OH excluding ortho intramolecular Hbond substituents is 4. The van der Waals surface area contributed by atoms with Gasteiger partial charge in [0.05, 0.1) is 22.7 Å². The molecule has 0 atom stereocenters. The van der Waals surface area contributed by atoms with Gasteiger partial charge in [0.15, 0.2) is 0 Å². The van der Waals surface area contributed by atoms with Gasteiger partial charge in [0.2, 0.25) is 0 Å². The number of rotatable bonds is 12. The molecular weight excluding hydrogens is 1010 g/mol. The Kier molecular flexibility index (Phi) is 16.2. The van der Waals surface area contributed by atoms with Gasteiger partial charge in [-0.1, -0.05) is 180 Å². The third-order valence-electron chi connectivity index (χ3n) is 14.8. The summed E-state index contributed by atoms with van der Waals surface area (Å²) in [4.78, 5) is 19.3. The Bertz CT molecular complexity index is 3390. The summed E-state index contributed by atoms with van der Waals surface area (Å²) in [5.41, 5.74) is 15.9. The largest absolute Gasteiger partial charge is 0.507 e. The lowest BCUT2D eigenvalue weighted by atomic mass is 9.85. The molecule has 9 aromatic rings. The van der Waals surface area contributed by atoms with Crippen LogP contribution in [0.15, 0.2) is 202 Å². The van der Waals surface area contributed by atoms with Crippen molar-refractivity contribution in [2.45, 2.75) is 105 Å². The summed E-state index contributed by atoms with van der Waals surface area (Å²) in [7, 11) is 0. The van der Waals surface area contributed by atoms with Gasteiger partial charge in [-0.3, -0.25) is 20.0 Å². The highest BCUT2D eigenvalue weighted by Gasteiger charge is 2.23. The Balaban J connectivity index is 1.16. The van der Waals surface area contributed by atoms with E-state index in [1.54, 1.807) is 24.9 Å². The maximum Gasteiger partial charge on any atom is 0.128 e. The zero-order valence-corrected chi connectivity index (χ0v) is 49.2. The Morgan fingerprint density at radius 1 is 0.256 bits per heavy atom. The first-order chi connectivity index (χ1) is 38.8. The van der Waals surface area contributed by atoms with Crippen LogP contribution in [0.5, 0.6) is 23.0 Å². The van der Waals surface area contributed by atoms with Crippen LogP contribution < -0.4 is 0 Å². The lowest BCUT2D eigenvalue weighted by molar-refractivity contribution is 0.445. The summed E-state index contributed by atoms with van der Waals surface area (Å²) < 4.78 is 0. The first-order valence-corrected chi connectivity index (χ1v) is 27.9. The Hall–Kier alpha value is -9.14. The average Bonchev–Trinajstić information content (AvgIpc) is 3.55. The van der Waals surface area contributed by atoms with Crippen molar-refractivity contribution in [1.82, 2.24) is 0 Å². The fraction of sp³-hybridized carbons (Fsp3) is 0.216. The molecule has 0 heterocycles. The molecule has 0 saturated heterocycles. The van der Waals surface area contributed by atoms with Gasteiger partial charge in [0, 0.05) is 47.1 Å². The van der Waals surface area contributed by atoms with Gasteiger partial charge in [-0.15, -0.1) is 0 Å². The van der Waals surface area contributed by atoms with E-state index in [1.165, 1.54) is 0 Å². The number of hydrogen-bond acceptors (Lipinski definition) is 8. The van der Waals surface area contributed by atoms with Crippen LogP contribution in [-0.4, -0.2) is 45.3 Å². The second kappa shape index (κ2) is 23.1. The van der Waals surface area contributed by atoms with Crippen molar-refractivity contribution in [3.05, 3.63) is 226 Å². The van der Waals surface area contributed by atoms with Gasteiger partial charge >= 0.3 is 0 Å². The lowest BCUT2D eigenvalue weighted by Crippen LogP contribution is -2.11. The van der Waals surface area contributed by atoms with Gasteiger partial charge in [-0.05, 0) is 173 Å². The molecule has 8 nitrogen and oxygen atoms in total. The first-order valence-electron chi connectivity index (χ1n) is 27.9. The standard InChI is InChI=1S/C74H74N4O4/c1-71(2,3)63-21-13-17-51(67(63)79)43-75-55-33-25-47(26-34-55)59-41-61(49-29-37-57(38-30-49)77-45-53-19-15-23-65(69(53)81)73(7,8)9)62(50-31-39-58(40-32-50)78-46-54-20-16-24-66(70(54)82)74(10,11)12)42-60(59)48-27-35-56(36-28-48)76-44-52-18-14-22-64(68(52)80)72(4,5)6/h13-46,79-82H,1-12H3/b75-43+,76-44+,77-45+,78-46+. The van der Waals surface area contributed by atoms with Crippen molar-refractivity contribution in [2.75, 3.05) is 0 Å². The molecule has 0 unspecified atom stereocenters. The van der Waals surface area contributed by atoms with Gasteiger partial charge in [0.1, 0.15) is 23.0 Å². The van der Waals surface area contributed by atoms with Crippen LogP contribution in [0.2, 0.25) is 0 Å². The third-order valence-corrected chi connectivity index (χ3v) is 14.8. The monoisotopic (exact) mass is 1080 g/mol. The molecule has 9 aromatic carbocycles. The molecule has 0 aliphatic heterocycles.